The lowest BCUT2D eigenvalue weighted by molar-refractivity contribution is -0.146. The van der Waals surface area contributed by atoms with Gasteiger partial charge in [0, 0.05) is 12.2 Å². The second kappa shape index (κ2) is 12.2. The van der Waals surface area contributed by atoms with Crippen LogP contribution in [-0.2, 0) is 30.4 Å². The highest BCUT2D eigenvalue weighted by Gasteiger charge is 2.22. The molecule has 11 heteroatoms. The quantitative estimate of drug-likeness (QED) is 0.299. The van der Waals surface area contributed by atoms with E-state index in [1.807, 2.05) is 29.0 Å². The van der Waals surface area contributed by atoms with Crippen LogP contribution in [0, 0.1) is 0 Å². The van der Waals surface area contributed by atoms with Crippen LogP contribution in [0.3, 0.4) is 0 Å². The third kappa shape index (κ3) is 6.65. The molecule has 0 aliphatic heterocycles. The molecule has 2 heterocycles. The molecule has 0 fully saturated rings. The first-order valence-electron chi connectivity index (χ1n) is 10.3. The van der Waals surface area contributed by atoms with Crippen molar-refractivity contribution >= 4 is 46.6 Å². The van der Waals surface area contributed by atoms with Crippen molar-refractivity contribution < 1.29 is 23.9 Å². The van der Waals surface area contributed by atoms with Gasteiger partial charge in [0.05, 0.1) is 17.2 Å². The first-order chi connectivity index (χ1) is 16.0. The molecule has 0 saturated carbocycles. The minimum atomic E-state index is -0.569. The van der Waals surface area contributed by atoms with Gasteiger partial charge in [-0.3, -0.25) is 19.3 Å². The maximum absolute atomic E-state index is 12.7. The fourth-order valence-corrected chi connectivity index (χ4v) is 4.44. The van der Waals surface area contributed by atoms with Crippen LogP contribution in [-0.4, -0.2) is 58.1 Å². The average Bonchev–Trinajstić information content (AvgIpc) is 3.49. The van der Waals surface area contributed by atoms with E-state index in [4.69, 9.17) is 9.47 Å². The van der Waals surface area contributed by atoms with Gasteiger partial charge in [-0.25, -0.2) is 0 Å². The number of thiophene rings is 1. The largest absolute Gasteiger partial charge is 0.465 e. The summed E-state index contributed by atoms with van der Waals surface area (Å²) in [5.41, 5.74) is 0.512. The number of carbonyl (C=O) groups is 3. The maximum atomic E-state index is 12.7. The molecule has 33 heavy (non-hydrogen) atoms. The van der Waals surface area contributed by atoms with Crippen LogP contribution in [0.5, 0.6) is 0 Å². The number of ether oxygens (including phenoxy) is 2. The number of rotatable bonds is 11. The zero-order chi connectivity index (χ0) is 23.6. The topological polar surface area (TPSA) is 104 Å². The molecule has 174 valence electrons. The van der Waals surface area contributed by atoms with Crippen molar-refractivity contribution in [1.29, 1.82) is 0 Å². The van der Waals surface area contributed by atoms with Gasteiger partial charge in [-0.05, 0) is 37.4 Å². The Morgan fingerprint density at radius 1 is 1.03 bits per heavy atom. The van der Waals surface area contributed by atoms with Gasteiger partial charge >= 0.3 is 11.9 Å². The number of amides is 1. The first-order valence-corrected chi connectivity index (χ1v) is 12.2. The molecule has 3 rings (SSSR count). The number of hydrogen-bond acceptors (Lipinski definition) is 9. The summed E-state index contributed by atoms with van der Waals surface area (Å²) in [7, 11) is 0. The lowest BCUT2D eigenvalue weighted by Crippen LogP contribution is -2.39. The van der Waals surface area contributed by atoms with Crippen LogP contribution in [0.1, 0.15) is 13.8 Å². The van der Waals surface area contributed by atoms with E-state index in [2.05, 4.69) is 10.2 Å². The Bertz CT molecular complexity index is 1070. The molecule has 0 aliphatic rings. The predicted octanol–water partition coefficient (Wildman–Crippen LogP) is 3.26. The number of thioether (sulfide) groups is 1. The number of aromatic nitrogens is 3. The van der Waals surface area contributed by atoms with Gasteiger partial charge in [0.15, 0.2) is 17.6 Å². The van der Waals surface area contributed by atoms with E-state index >= 15 is 0 Å². The standard InChI is InChI=1S/C22H24N4O5S2/c1-3-25-21(17-11-8-12-32-17)23-24-22(25)33-15-20(29)31-14-18(27)26(13-19(28)30-4-2)16-9-6-5-7-10-16/h5-12H,3-4,13-15H2,1-2H3. The average molecular weight is 489 g/mol. The molecule has 0 aliphatic carbocycles. The molecule has 0 unspecified atom stereocenters. The minimum absolute atomic E-state index is 0.0287. The molecular weight excluding hydrogens is 464 g/mol. The van der Waals surface area contributed by atoms with Gasteiger partial charge in [-0.1, -0.05) is 36.0 Å². The predicted molar refractivity (Wildman–Crippen MR) is 126 cm³/mol. The summed E-state index contributed by atoms with van der Waals surface area (Å²) < 4.78 is 12.0. The Morgan fingerprint density at radius 2 is 1.82 bits per heavy atom. The molecule has 0 saturated heterocycles. The Kier molecular flexibility index (Phi) is 9.02. The number of anilines is 1. The minimum Gasteiger partial charge on any atom is -0.465 e. The Morgan fingerprint density at radius 3 is 2.48 bits per heavy atom. The smallest absolute Gasteiger partial charge is 0.326 e. The summed E-state index contributed by atoms with van der Waals surface area (Å²) >= 11 is 2.76. The van der Waals surface area contributed by atoms with Crippen LogP contribution < -0.4 is 4.90 Å². The summed E-state index contributed by atoms with van der Waals surface area (Å²) in [6.07, 6.45) is 0. The molecule has 0 radical (unpaired) electrons. The maximum Gasteiger partial charge on any atom is 0.326 e. The van der Waals surface area contributed by atoms with Crippen molar-refractivity contribution in [2.24, 2.45) is 0 Å². The fraction of sp³-hybridized carbons (Fsp3) is 0.318. The number of benzene rings is 1. The van der Waals surface area contributed by atoms with Crippen LogP contribution in [0.15, 0.2) is 53.0 Å². The Balaban J connectivity index is 1.57. The van der Waals surface area contributed by atoms with E-state index in [1.54, 1.807) is 48.6 Å². The Hall–Kier alpha value is -3.18. The van der Waals surface area contributed by atoms with Gasteiger partial charge in [-0.15, -0.1) is 21.5 Å². The first kappa shape index (κ1) is 24.5. The second-order valence-corrected chi connectivity index (χ2v) is 8.49. The van der Waals surface area contributed by atoms with Gasteiger partial charge < -0.3 is 14.0 Å². The lowest BCUT2D eigenvalue weighted by Gasteiger charge is -2.21. The molecule has 0 spiro atoms. The van der Waals surface area contributed by atoms with E-state index in [-0.39, 0.29) is 18.9 Å². The van der Waals surface area contributed by atoms with E-state index < -0.39 is 24.5 Å². The van der Waals surface area contributed by atoms with Crippen molar-refractivity contribution in [2.75, 3.05) is 30.4 Å². The number of hydrogen-bond donors (Lipinski definition) is 0. The highest BCUT2D eigenvalue weighted by atomic mass is 32.2. The van der Waals surface area contributed by atoms with Crippen LogP contribution >= 0.6 is 23.1 Å². The van der Waals surface area contributed by atoms with E-state index in [0.717, 1.165) is 10.7 Å². The van der Waals surface area contributed by atoms with Crippen molar-refractivity contribution in [2.45, 2.75) is 25.5 Å². The van der Waals surface area contributed by atoms with Crippen molar-refractivity contribution in [3.05, 3.63) is 47.8 Å². The summed E-state index contributed by atoms with van der Waals surface area (Å²) in [5.74, 6) is -0.919. The molecular formula is C22H24N4O5S2. The molecule has 0 N–H and O–H groups in total. The zero-order valence-corrected chi connectivity index (χ0v) is 19.9. The number of para-hydroxylation sites is 1. The fourth-order valence-electron chi connectivity index (χ4n) is 2.92. The highest BCUT2D eigenvalue weighted by Crippen LogP contribution is 2.27. The third-order valence-electron chi connectivity index (χ3n) is 4.41. The van der Waals surface area contributed by atoms with Gasteiger partial charge in [0.1, 0.15) is 6.54 Å². The summed E-state index contributed by atoms with van der Waals surface area (Å²) in [5, 5.41) is 11.0. The monoisotopic (exact) mass is 488 g/mol. The van der Waals surface area contributed by atoms with Crippen LogP contribution in [0.2, 0.25) is 0 Å². The molecule has 1 aromatic carbocycles. The summed E-state index contributed by atoms with van der Waals surface area (Å²) in [6.45, 7) is 3.76. The molecule has 0 bridgehead atoms. The highest BCUT2D eigenvalue weighted by molar-refractivity contribution is 7.99. The summed E-state index contributed by atoms with van der Waals surface area (Å²) in [4.78, 5) is 39.1. The molecule has 0 atom stereocenters. The normalized spacial score (nSPS) is 10.6. The molecule has 3 aromatic rings. The van der Waals surface area contributed by atoms with Crippen LogP contribution in [0.4, 0.5) is 5.69 Å². The zero-order valence-electron chi connectivity index (χ0n) is 18.3. The number of carbonyl (C=O) groups excluding carboxylic acids is 3. The lowest BCUT2D eigenvalue weighted by atomic mass is 10.3. The van der Waals surface area contributed by atoms with Crippen LogP contribution in [0.25, 0.3) is 10.7 Å². The van der Waals surface area contributed by atoms with Gasteiger partial charge in [0.25, 0.3) is 5.91 Å². The van der Waals surface area contributed by atoms with Gasteiger partial charge in [0.2, 0.25) is 0 Å². The van der Waals surface area contributed by atoms with E-state index in [1.165, 1.54) is 16.7 Å². The summed E-state index contributed by atoms with van der Waals surface area (Å²) in [6, 6.07) is 12.6. The van der Waals surface area contributed by atoms with E-state index in [0.29, 0.717) is 17.4 Å². The van der Waals surface area contributed by atoms with Crippen molar-refractivity contribution in [1.82, 2.24) is 14.8 Å². The second-order valence-electron chi connectivity index (χ2n) is 6.60. The molecule has 2 aromatic heterocycles. The number of esters is 2. The number of nitrogens with zero attached hydrogens (tertiary/aromatic N) is 4. The van der Waals surface area contributed by atoms with Crippen molar-refractivity contribution in [3.63, 3.8) is 0 Å². The van der Waals surface area contributed by atoms with E-state index in [9.17, 15) is 14.4 Å². The third-order valence-corrected chi connectivity index (χ3v) is 6.22. The Labute approximate surface area is 199 Å². The SMILES string of the molecule is CCOC(=O)CN(C(=O)COC(=O)CSc1nnc(-c2cccs2)n1CC)c1ccccc1. The molecule has 1 amide bonds. The molecule has 9 nitrogen and oxygen atoms in total. The van der Waals surface area contributed by atoms with Crippen molar-refractivity contribution in [3.8, 4) is 10.7 Å². The van der Waals surface area contributed by atoms with Gasteiger partial charge in [-0.2, -0.15) is 0 Å².